The second-order valence-corrected chi connectivity index (χ2v) is 2.58. The van der Waals surface area contributed by atoms with Crippen LogP contribution in [0.25, 0.3) is 0 Å². The summed E-state index contributed by atoms with van der Waals surface area (Å²) >= 11 is 5.64. The fraction of sp³-hybridized carbons (Fsp3) is 0.250. The van der Waals surface area contributed by atoms with Crippen molar-refractivity contribution >= 4 is 11.6 Å². The predicted octanol–water partition coefficient (Wildman–Crippen LogP) is 1.98. The van der Waals surface area contributed by atoms with Crippen molar-refractivity contribution in [3.05, 3.63) is 34.9 Å². The molecule has 0 spiro atoms. The van der Waals surface area contributed by atoms with E-state index < -0.39 is 6.29 Å². The van der Waals surface area contributed by atoms with Gasteiger partial charge in [-0.05, 0) is 12.1 Å². The molecule has 0 radical (unpaired) electrons. The quantitative estimate of drug-likeness (QED) is 0.692. The van der Waals surface area contributed by atoms with Gasteiger partial charge in [0.1, 0.15) is 0 Å². The maximum Gasteiger partial charge on any atom is 0.180 e. The SMILES string of the molecule is CO[C@@H](O)c1ccc(Cl)cc1. The van der Waals surface area contributed by atoms with Crippen molar-refractivity contribution < 1.29 is 9.84 Å². The molecule has 1 N–H and O–H groups in total. The normalized spacial score (nSPS) is 13.0. The molecule has 0 fully saturated rings. The number of benzene rings is 1. The summed E-state index contributed by atoms with van der Waals surface area (Å²) in [6.45, 7) is 0. The molecule has 11 heavy (non-hydrogen) atoms. The van der Waals surface area contributed by atoms with Gasteiger partial charge in [0.2, 0.25) is 0 Å². The highest BCUT2D eigenvalue weighted by Gasteiger charge is 2.03. The van der Waals surface area contributed by atoms with Crippen LogP contribution in [0.3, 0.4) is 0 Å². The zero-order chi connectivity index (χ0) is 8.27. The lowest BCUT2D eigenvalue weighted by Gasteiger charge is -2.07. The van der Waals surface area contributed by atoms with Crippen molar-refractivity contribution in [2.45, 2.75) is 6.29 Å². The molecule has 0 aliphatic carbocycles. The van der Waals surface area contributed by atoms with Crippen LogP contribution in [0, 0.1) is 0 Å². The van der Waals surface area contributed by atoms with Gasteiger partial charge in [0.05, 0.1) is 0 Å². The van der Waals surface area contributed by atoms with Crippen LogP contribution in [-0.2, 0) is 4.74 Å². The summed E-state index contributed by atoms with van der Waals surface area (Å²) in [4.78, 5) is 0. The Labute approximate surface area is 70.4 Å². The molecule has 60 valence electrons. The molecular weight excluding hydrogens is 164 g/mol. The van der Waals surface area contributed by atoms with Crippen LogP contribution in [0.1, 0.15) is 11.9 Å². The van der Waals surface area contributed by atoms with E-state index in [1.165, 1.54) is 7.11 Å². The summed E-state index contributed by atoms with van der Waals surface area (Å²) in [5, 5.41) is 9.80. The topological polar surface area (TPSA) is 29.5 Å². The van der Waals surface area contributed by atoms with Gasteiger partial charge in [-0.1, -0.05) is 23.7 Å². The predicted molar refractivity (Wildman–Crippen MR) is 43.4 cm³/mol. The summed E-state index contributed by atoms with van der Waals surface area (Å²) in [5.41, 5.74) is 0.705. The molecule has 2 nitrogen and oxygen atoms in total. The average Bonchev–Trinajstić information content (AvgIpc) is 2.05. The molecule has 0 unspecified atom stereocenters. The molecule has 1 rings (SSSR count). The zero-order valence-electron chi connectivity index (χ0n) is 6.12. The summed E-state index contributed by atoms with van der Waals surface area (Å²) < 4.78 is 4.69. The van der Waals surface area contributed by atoms with Gasteiger partial charge >= 0.3 is 0 Å². The maximum atomic E-state index is 9.15. The van der Waals surface area contributed by atoms with Crippen molar-refractivity contribution in [1.82, 2.24) is 0 Å². The first-order valence-electron chi connectivity index (χ1n) is 3.20. The fourth-order valence-electron chi connectivity index (χ4n) is 0.763. The van der Waals surface area contributed by atoms with Crippen LogP contribution in [0.2, 0.25) is 5.02 Å². The Morgan fingerprint density at radius 2 is 1.91 bits per heavy atom. The molecule has 0 saturated carbocycles. The monoisotopic (exact) mass is 172 g/mol. The summed E-state index contributed by atoms with van der Waals surface area (Å²) in [6, 6.07) is 6.85. The van der Waals surface area contributed by atoms with E-state index in [9.17, 15) is 0 Å². The van der Waals surface area contributed by atoms with Gasteiger partial charge in [0, 0.05) is 17.7 Å². The number of hydrogen-bond donors (Lipinski definition) is 1. The third-order valence-electron chi connectivity index (χ3n) is 1.38. The van der Waals surface area contributed by atoms with Crippen molar-refractivity contribution in [3.8, 4) is 0 Å². The van der Waals surface area contributed by atoms with Crippen LogP contribution < -0.4 is 0 Å². The van der Waals surface area contributed by atoms with Crippen LogP contribution >= 0.6 is 11.6 Å². The van der Waals surface area contributed by atoms with Crippen LogP contribution in [-0.4, -0.2) is 12.2 Å². The second kappa shape index (κ2) is 3.72. The van der Waals surface area contributed by atoms with Crippen molar-refractivity contribution in [1.29, 1.82) is 0 Å². The molecule has 0 aliphatic rings. The number of methoxy groups -OCH3 is 1. The van der Waals surface area contributed by atoms with E-state index in [1.807, 2.05) is 0 Å². The van der Waals surface area contributed by atoms with Gasteiger partial charge in [-0.25, -0.2) is 0 Å². The lowest BCUT2D eigenvalue weighted by molar-refractivity contribution is -0.0769. The Morgan fingerprint density at radius 3 is 2.36 bits per heavy atom. The van der Waals surface area contributed by atoms with Crippen LogP contribution in [0.15, 0.2) is 24.3 Å². The van der Waals surface area contributed by atoms with E-state index in [-0.39, 0.29) is 0 Å². The Kier molecular flexibility index (Phi) is 2.88. The van der Waals surface area contributed by atoms with E-state index in [1.54, 1.807) is 24.3 Å². The number of aliphatic hydroxyl groups excluding tert-OH is 1. The summed E-state index contributed by atoms with van der Waals surface area (Å²) in [5.74, 6) is 0. The average molecular weight is 173 g/mol. The Hall–Kier alpha value is -0.570. The van der Waals surface area contributed by atoms with Gasteiger partial charge < -0.3 is 9.84 Å². The highest BCUT2D eigenvalue weighted by molar-refractivity contribution is 6.30. The third-order valence-corrected chi connectivity index (χ3v) is 1.63. The van der Waals surface area contributed by atoms with Crippen LogP contribution in [0.4, 0.5) is 0 Å². The Balaban J connectivity index is 2.81. The highest BCUT2D eigenvalue weighted by Crippen LogP contribution is 2.16. The second-order valence-electron chi connectivity index (χ2n) is 2.14. The minimum absolute atomic E-state index is 0.650. The lowest BCUT2D eigenvalue weighted by atomic mass is 10.2. The Bertz CT molecular complexity index is 220. The molecule has 1 aromatic rings. The molecule has 1 aromatic carbocycles. The van der Waals surface area contributed by atoms with Crippen molar-refractivity contribution in [2.75, 3.05) is 7.11 Å². The molecule has 0 bridgehead atoms. The van der Waals surface area contributed by atoms with Gasteiger partial charge in [0.25, 0.3) is 0 Å². The zero-order valence-corrected chi connectivity index (χ0v) is 6.88. The first-order valence-corrected chi connectivity index (χ1v) is 3.58. The third kappa shape index (κ3) is 2.19. The summed E-state index contributed by atoms with van der Waals surface area (Å²) in [6.07, 6.45) is -0.854. The minimum atomic E-state index is -0.854. The number of hydrogen-bond acceptors (Lipinski definition) is 2. The number of ether oxygens (including phenoxy) is 1. The van der Waals surface area contributed by atoms with Gasteiger partial charge in [-0.15, -0.1) is 0 Å². The van der Waals surface area contributed by atoms with Gasteiger partial charge in [0.15, 0.2) is 6.29 Å². The van der Waals surface area contributed by atoms with Crippen LogP contribution in [0.5, 0.6) is 0 Å². The number of aliphatic hydroxyl groups is 1. The highest BCUT2D eigenvalue weighted by atomic mass is 35.5. The van der Waals surface area contributed by atoms with E-state index in [0.717, 1.165) is 0 Å². The molecule has 0 heterocycles. The number of rotatable bonds is 2. The first kappa shape index (κ1) is 8.53. The molecule has 0 aliphatic heterocycles. The van der Waals surface area contributed by atoms with Gasteiger partial charge in [-0.2, -0.15) is 0 Å². The molecule has 1 atom stereocenters. The first-order chi connectivity index (χ1) is 5.24. The standard InChI is InChI=1S/C8H9ClO2/c1-11-8(10)6-2-4-7(9)5-3-6/h2-5,8,10H,1H3/t8-/m1/s1. The summed E-state index contributed by atoms with van der Waals surface area (Å²) in [7, 11) is 1.44. The van der Waals surface area contributed by atoms with E-state index >= 15 is 0 Å². The largest absolute Gasteiger partial charge is 0.364 e. The van der Waals surface area contributed by atoms with Crippen molar-refractivity contribution in [3.63, 3.8) is 0 Å². The fourth-order valence-corrected chi connectivity index (χ4v) is 0.889. The number of halogens is 1. The Morgan fingerprint density at radius 1 is 1.36 bits per heavy atom. The lowest BCUT2D eigenvalue weighted by Crippen LogP contribution is -1.98. The van der Waals surface area contributed by atoms with Crippen molar-refractivity contribution in [2.24, 2.45) is 0 Å². The smallest absolute Gasteiger partial charge is 0.180 e. The maximum absolute atomic E-state index is 9.15. The molecule has 0 aromatic heterocycles. The van der Waals surface area contributed by atoms with Gasteiger partial charge in [-0.3, -0.25) is 0 Å². The molecule has 3 heteroatoms. The molecular formula is C8H9ClO2. The molecule has 0 saturated heterocycles. The van der Waals surface area contributed by atoms with E-state index in [4.69, 9.17) is 16.7 Å². The van der Waals surface area contributed by atoms with E-state index in [2.05, 4.69) is 4.74 Å². The van der Waals surface area contributed by atoms with E-state index in [0.29, 0.717) is 10.6 Å². The molecule has 0 amide bonds. The minimum Gasteiger partial charge on any atom is -0.364 e.